The third-order valence-corrected chi connectivity index (χ3v) is 6.34. The molecule has 6 nitrogen and oxygen atoms in total. The Balaban J connectivity index is 1.77. The van der Waals surface area contributed by atoms with Gasteiger partial charge in [0.05, 0.1) is 0 Å². The van der Waals surface area contributed by atoms with Crippen molar-refractivity contribution in [2.75, 3.05) is 25.0 Å². The van der Waals surface area contributed by atoms with Crippen LogP contribution < -0.4 is 10.6 Å². The number of hydrogen-bond acceptors (Lipinski definition) is 5. The van der Waals surface area contributed by atoms with Crippen molar-refractivity contribution in [3.63, 3.8) is 0 Å². The molecule has 1 aromatic heterocycles. The van der Waals surface area contributed by atoms with Gasteiger partial charge >= 0.3 is 0 Å². The highest BCUT2D eigenvalue weighted by atomic mass is 16.2. The average Bonchev–Trinajstić information content (AvgIpc) is 3.08. The lowest BCUT2D eigenvalue weighted by Gasteiger charge is -2.34. The van der Waals surface area contributed by atoms with E-state index in [9.17, 15) is 4.79 Å². The summed E-state index contributed by atoms with van der Waals surface area (Å²) < 4.78 is 0. The second-order valence-corrected chi connectivity index (χ2v) is 8.07. The second-order valence-electron chi connectivity index (χ2n) is 8.07. The molecule has 1 aliphatic heterocycles. The topological polar surface area (TPSA) is 75.4 Å². The number of carbonyl (C=O) groups excluding carboxylic acids is 1. The Bertz CT molecular complexity index is 654. The summed E-state index contributed by atoms with van der Waals surface area (Å²) in [6.07, 6.45) is 6.80. The van der Waals surface area contributed by atoms with Gasteiger partial charge in [0.15, 0.2) is 0 Å². The van der Waals surface area contributed by atoms with Crippen LogP contribution in [0.1, 0.15) is 67.3 Å². The minimum Gasteiger partial charge on any atom is -0.355 e. The Kier molecular flexibility index (Phi) is 5.80. The normalized spacial score (nSPS) is 26.2. The fraction of sp³-hybridized carbons (Fsp3) is 0.750. The summed E-state index contributed by atoms with van der Waals surface area (Å²) in [5, 5.41) is 0. The predicted molar refractivity (Wildman–Crippen MR) is 104 cm³/mol. The standard InChI is InChI=1S/C20H33N5O/c1-5-15-6-8-17(9-7-15)24(4)20(26)18-22-14(3)13(2)19(23-18)25-11-10-16(21)12-25/h15-17H,5-12,21H2,1-4H3/t15?,16-,17?/m1/s1. The van der Waals surface area contributed by atoms with Crippen molar-refractivity contribution in [1.82, 2.24) is 14.9 Å². The summed E-state index contributed by atoms with van der Waals surface area (Å²) in [7, 11) is 1.91. The van der Waals surface area contributed by atoms with Crippen LogP contribution in [0.5, 0.6) is 0 Å². The number of hydrogen-bond donors (Lipinski definition) is 1. The molecule has 2 heterocycles. The van der Waals surface area contributed by atoms with Crippen LogP contribution in [0.4, 0.5) is 5.82 Å². The van der Waals surface area contributed by atoms with Crippen molar-refractivity contribution in [1.29, 1.82) is 0 Å². The molecule has 0 unspecified atom stereocenters. The SMILES string of the molecule is CCC1CCC(N(C)C(=O)c2nc(C)c(C)c(N3CC[C@@H](N)C3)n2)CC1. The van der Waals surface area contributed by atoms with Crippen LogP contribution in [-0.2, 0) is 0 Å². The monoisotopic (exact) mass is 359 g/mol. The molecule has 2 aliphatic rings. The van der Waals surface area contributed by atoms with E-state index in [1.807, 2.05) is 25.8 Å². The van der Waals surface area contributed by atoms with E-state index in [-0.39, 0.29) is 11.9 Å². The molecule has 3 rings (SSSR count). The third kappa shape index (κ3) is 3.85. The van der Waals surface area contributed by atoms with Crippen LogP contribution in [0.15, 0.2) is 0 Å². The first kappa shape index (κ1) is 19.1. The molecule has 6 heteroatoms. The summed E-state index contributed by atoms with van der Waals surface area (Å²) >= 11 is 0. The number of nitrogens with two attached hydrogens (primary N) is 1. The van der Waals surface area contributed by atoms with Crippen molar-refractivity contribution < 1.29 is 4.79 Å². The van der Waals surface area contributed by atoms with Gasteiger partial charge in [-0.25, -0.2) is 9.97 Å². The predicted octanol–water partition coefficient (Wildman–Crippen LogP) is 2.67. The van der Waals surface area contributed by atoms with Crippen molar-refractivity contribution in [2.45, 2.75) is 71.4 Å². The molecule has 1 aromatic rings. The first-order valence-corrected chi connectivity index (χ1v) is 10.0. The van der Waals surface area contributed by atoms with Gasteiger partial charge in [0, 0.05) is 43.5 Å². The average molecular weight is 360 g/mol. The molecule has 1 saturated heterocycles. The van der Waals surface area contributed by atoms with Gasteiger partial charge in [-0.05, 0) is 51.9 Å². The first-order chi connectivity index (χ1) is 12.4. The Morgan fingerprint density at radius 1 is 1.19 bits per heavy atom. The molecule has 1 aliphatic carbocycles. The zero-order valence-electron chi connectivity index (χ0n) is 16.7. The minimum absolute atomic E-state index is 0.0576. The molecule has 144 valence electrons. The zero-order valence-corrected chi connectivity index (χ0v) is 16.7. The van der Waals surface area contributed by atoms with Crippen molar-refractivity contribution in [2.24, 2.45) is 11.7 Å². The summed E-state index contributed by atoms with van der Waals surface area (Å²) in [5.74, 6) is 1.96. The summed E-state index contributed by atoms with van der Waals surface area (Å²) in [5.41, 5.74) is 7.98. The third-order valence-electron chi connectivity index (χ3n) is 6.34. The van der Waals surface area contributed by atoms with Crippen molar-refractivity contribution in [3.05, 3.63) is 17.1 Å². The zero-order chi connectivity index (χ0) is 18.8. The summed E-state index contributed by atoms with van der Waals surface area (Å²) in [4.78, 5) is 26.3. The number of aromatic nitrogens is 2. The van der Waals surface area contributed by atoms with E-state index in [1.165, 1.54) is 19.3 Å². The molecular formula is C20H33N5O. The van der Waals surface area contributed by atoms with E-state index < -0.39 is 0 Å². The number of anilines is 1. The lowest BCUT2D eigenvalue weighted by Crippen LogP contribution is -2.40. The van der Waals surface area contributed by atoms with E-state index in [2.05, 4.69) is 21.8 Å². The van der Waals surface area contributed by atoms with Crippen LogP contribution in [0.3, 0.4) is 0 Å². The van der Waals surface area contributed by atoms with Crippen molar-refractivity contribution in [3.8, 4) is 0 Å². The van der Waals surface area contributed by atoms with E-state index in [1.54, 1.807) is 0 Å². The van der Waals surface area contributed by atoms with E-state index in [0.29, 0.717) is 11.9 Å². The van der Waals surface area contributed by atoms with E-state index >= 15 is 0 Å². The highest BCUT2D eigenvalue weighted by Crippen LogP contribution is 2.30. The van der Waals surface area contributed by atoms with Crippen LogP contribution >= 0.6 is 0 Å². The number of nitrogens with zero attached hydrogens (tertiary/aromatic N) is 4. The van der Waals surface area contributed by atoms with Gasteiger partial charge < -0.3 is 15.5 Å². The summed E-state index contributed by atoms with van der Waals surface area (Å²) in [6, 6.07) is 0.486. The highest BCUT2D eigenvalue weighted by Gasteiger charge is 2.29. The molecule has 0 aromatic carbocycles. The van der Waals surface area contributed by atoms with Gasteiger partial charge in [0.25, 0.3) is 5.91 Å². The maximum atomic E-state index is 13.0. The van der Waals surface area contributed by atoms with Gasteiger partial charge in [0.1, 0.15) is 5.82 Å². The van der Waals surface area contributed by atoms with Crippen molar-refractivity contribution >= 4 is 11.7 Å². The molecule has 0 radical (unpaired) electrons. The first-order valence-electron chi connectivity index (χ1n) is 10.0. The second kappa shape index (κ2) is 7.91. The fourth-order valence-corrected chi connectivity index (χ4v) is 4.26. The van der Waals surface area contributed by atoms with Gasteiger partial charge in [0.2, 0.25) is 5.82 Å². The molecule has 0 spiro atoms. The molecule has 1 atom stereocenters. The fourth-order valence-electron chi connectivity index (χ4n) is 4.26. The van der Waals surface area contributed by atoms with Gasteiger partial charge in [-0.1, -0.05) is 13.3 Å². The van der Waals surface area contributed by atoms with Gasteiger partial charge in [-0.15, -0.1) is 0 Å². The van der Waals surface area contributed by atoms with Gasteiger partial charge in [-0.2, -0.15) is 0 Å². The van der Waals surface area contributed by atoms with Crippen LogP contribution in [-0.4, -0.2) is 53.0 Å². The molecular weight excluding hydrogens is 326 g/mol. The molecule has 26 heavy (non-hydrogen) atoms. The summed E-state index contributed by atoms with van der Waals surface area (Å²) in [6.45, 7) is 7.93. The van der Waals surface area contributed by atoms with Crippen LogP contribution in [0.2, 0.25) is 0 Å². The Morgan fingerprint density at radius 3 is 2.46 bits per heavy atom. The Labute approximate surface area is 157 Å². The largest absolute Gasteiger partial charge is 0.355 e. The van der Waals surface area contributed by atoms with Crippen LogP contribution in [0, 0.1) is 19.8 Å². The number of amides is 1. The Morgan fingerprint density at radius 2 is 1.88 bits per heavy atom. The number of aryl methyl sites for hydroxylation is 1. The number of rotatable bonds is 4. The maximum absolute atomic E-state index is 13.0. The minimum atomic E-state index is -0.0576. The molecule has 0 bridgehead atoms. The highest BCUT2D eigenvalue weighted by molar-refractivity contribution is 5.91. The molecule has 2 N–H and O–H groups in total. The van der Waals surface area contributed by atoms with Gasteiger partial charge in [-0.3, -0.25) is 4.79 Å². The smallest absolute Gasteiger partial charge is 0.291 e. The van der Waals surface area contributed by atoms with Crippen LogP contribution in [0.25, 0.3) is 0 Å². The Hall–Kier alpha value is -1.69. The lowest BCUT2D eigenvalue weighted by molar-refractivity contribution is 0.0662. The van der Waals surface area contributed by atoms with E-state index in [4.69, 9.17) is 5.73 Å². The maximum Gasteiger partial charge on any atom is 0.291 e. The van der Waals surface area contributed by atoms with E-state index in [0.717, 1.165) is 55.3 Å². The quantitative estimate of drug-likeness (QED) is 0.894. The lowest BCUT2D eigenvalue weighted by atomic mass is 9.84. The molecule has 2 fully saturated rings. The number of carbonyl (C=O) groups is 1. The molecule has 1 amide bonds. The molecule has 1 saturated carbocycles.